The van der Waals surface area contributed by atoms with Crippen molar-refractivity contribution in [2.24, 2.45) is 0 Å². The second-order valence-electron chi connectivity index (χ2n) is 6.18. The van der Waals surface area contributed by atoms with E-state index in [1.165, 1.54) is 12.1 Å². The van der Waals surface area contributed by atoms with Crippen molar-refractivity contribution in [3.63, 3.8) is 0 Å². The normalized spacial score (nSPS) is 15.7. The number of nitrogens with one attached hydrogen (secondary N) is 1. The zero-order chi connectivity index (χ0) is 16.1. The monoisotopic (exact) mass is 345 g/mol. The number of fused-ring (bicyclic) bond motifs is 1. The van der Waals surface area contributed by atoms with Gasteiger partial charge in [-0.1, -0.05) is 19.9 Å². The average molecular weight is 346 g/mol. The Bertz CT molecular complexity index is 735. The van der Waals surface area contributed by atoms with Crippen LogP contribution in [0.15, 0.2) is 24.3 Å². The molecule has 0 aliphatic carbocycles. The summed E-state index contributed by atoms with van der Waals surface area (Å²) >= 11 is 0. The van der Waals surface area contributed by atoms with Crippen LogP contribution in [0, 0.1) is 23.3 Å². The van der Waals surface area contributed by atoms with Crippen LogP contribution >= 0.6 is 12.4 Å². The molecule has 0 amide bonds. The van der Waals surface area contributed by atoms with E-state index in [0.717, 1.165) is 0 Å². The molecule has 0 unspecified atom stereocenters. The third kappa shape index (κ3) is 2.95. The van der Waals surface area contributed by atoms with Gasteiger partial charge in [-0.25, -0.2) is 17.6 Å². The minimum atomic E-state index is -0.991. The van der Waals surface area contributed by atoms with Crippen LogP contribution in [0.2, 0.25) is 0 Å². The van der Waals surface area contributed by atoms with Gasteiger partial charge in [0.15, 0.2) is 0 Å². The van der Waals surface area contributed by atoms with E-state index in [4.69, 9.17) is 0 Å². The molecule has 0 fully saturated rings. The Morgan fingerprint density at radius 1 is 0.957 bits per heavy atom. The van der Waals surface area contributed by atoms with Crippen molar-refractivity contribution < 1.29 is 17.6 Å². The summed E-state index contributed by atoms with van der Waals surface area (Å²) in [5.74, 6) is -3.36. The summed E-state index contributed by atoms with van der Waals surface area (Å²) in [6.07, 6.45) is 0. The second-order valence-corrected chi connectivity index (χ2v) is 6.18. The van der Waals surface area contributed by atoms with Gasteiger partial charge < -0.3 is 5.32 Å². The lowest BCUT2D eigenvalue weighted by molar-refractivity contribution is 0.411. The molecule has 23 heavy (non-hydrogen) atoms. The fourth-order valence-corrected chi connectivity index (χ4v) is 3.16. The molecule has 1 aliphatic heterocycles. The second kappa shape index (κ2) is 6.13. The first kappa shape index (κ1) is 17.8. The summed E-state index contributed by atoms with van der Waals surface area (Å²) in [4.78, 5) is 0. The summed E-state index contributed by atoms with van der Waals surface area (Å²) < 4.78 is 55.5. The van der Waals surface area contributed by atoms with E-state index in [0.29, 0.717) is 36.3 Å². The lowest BCUT2D eigenvalue weighted by atomic mass is 9.76. The zero-order valence-corrected chi connectivity index (χ0v) is 13.5. The molecule has 0 spiro atoms. The minimum absolute atomic E-state index is 0. The fourth-order valence-electron chi connectivity index (χ4n) is 3.16. The Kier molecular flexibility index (Phi) is 4.74. The molecule has 1 aliphatic rings. The summed E-state index contributed by atoms with van der Waals surface area (Å²) in [5.41, 5.74) is 0.400. The van der Waals surface area contributed by atoms with E-state index in [2.05, 4.69) is 5.32 Å². The van der Waals surface area contributed by atoms with Gasteiger partial charge in [0.2, 0.25) is 0 Å². The summed E-state index contributed by atoms with van der Waals surface area (Å²) in [7, 11) is 0. The first-order valence-electron chi connectivity index (χ1n) is 6.99. The highest BCUT2D eigenvalue weighted by Gasteiger charge is 2.33. The first-order valence-corrected chi connectivity index (χ1v) is 6.99. The van der Waals surface area contributed by atoms with Crippen molar-refractivity contribution in [1.82, 2.24) is 5.32 Å². The summed E-state index contributed by atoms with van der Waals surface area (Å²) in [6.45, 7) is 4.60. The van der Waals surface area contributed by atoms with Gasteiger partial charge in [0.1, 0.15) is 23.3 Å². The van der Waals surface area contributed by atoms with E-state index >= 15 is 0 Å². The van der Waals surface area contributed by atoms with Crippen molar-refractivity contribution in [1.29, 1.82) is 0 Å². The largest absolute Gasteiger partial charge is 0.312 e. The van der Waals surface area contributed by atoms with Crippen LogP contribution in [0.1, 0.15) is 25.0 Å². The number of benzene rings is 2. The summed E-state index contributed by atoms with van der Waals surface area (Å²) in [5, 5.41) is 3.13. The van der Waals surface area contributed by atoms with Crippen LogP contribution in [0.4, 0.5) is 17.6 Å². The Morgan fingerprint density at radius 3 is 2.17 bits per heavy atom. The van der Waals surface area contributed by atoms with Crippen LogP contribution in [0.3, 0.4) is 0 Å². The molecule has 0 saturated heterocycles. The molecule has 2 aromatic rings. The van der Waals surface area contributed by atoms with Crippen molar-refractivity contribution >= 4 is 12.4 Å². The van der Waals surface area contributed by atoms with Gasteiger partial charge in [-0.15, -0.1) is 12.4 Å². The minimum Gasteiger partial charge on any atom is -0.312 e. The number of halogens is 5. The van der Waals surface area contributed by atoms with Crippen LogP contribution in [0.25, 0.3) is 11.1 Å². The lowest BCUT2D eigenvalue weighted by Crippen LogP contribution is -2.40. The third-order valence-electron chi connectivity index (χ3n) is 4.08. The smallest absolute Gasteiger partial charge is 0.136 e. The molecule has 1 heterocycles. The highest BCUT2D eigenvalue weighted by Crippen LogP contribution is 2.39. The maximum Gasteiger partial charge on any atom is 0.136 e. The quantitative estimate of drug-likeness (QED) is 0.738. The topological polar surface area (TPSA) is 12.0 Å². The molecule has 124 valence electrons. The first-order chi connectivity index (χ1) is 10.3. The fraction of sp³-hybridized carbons (Fsp3) is 0.294. The molecule has 0 saturated carbocycles. The Hall–Kier alpha value is -1.59. The molecule has 0 bridgehead atoms. The molecule has 0 radical (unpaired) electrons. The van der Waals surface area contributed by atoms with Gasteiger partial charge in [0.05, 0.1) is 5.56 Å². The SMILES string of the molecule is CC1(C)CNCc2c(-c3c(F)cc(F)cc3F)ccc(F)c21.Cl. The predicted octanol–water partition coefficient (Wildman–Crippen LogP) is 4.71. The van der Waals surface area contributed by atoms with Gasteiger partial charge in [0.25, 0.3) is 0 Å². The van der Waals surface area contributed by atoms with Crippen molar-refractivity contribution in [3.05, 3.63) is 58.7 Å². The number of rotatable bonds is 1. The molecular weight excluding hydrogens is 330 g/mol. The van der Waals surface area contributed by atoms with Crippen molar-refractivity contribution in [2.75, 3.05) is 6.54 Å². The van der Waals surface area contributed by atoms with Crippen LogP contribution < -0.4 is 5.32 Å². The van der Waals surface area contributed by atoms with Gasteiger partial charge >= 0.3 is 0 Å². The number of hydrogen-bond donors (Lipinski definition) is 1. The van der Waals surface area contributed by atoms with Gasteiger partial charge in [-0.05, 0) is 22.8 Å². The highest BCUT2D eigenvalue weighted by atomic mass is 35.5. The van der Waals surface area contributed by atoms with Crippen LogP contribution in [0.5, 0.6) is 0 Å². The molecule has 2 aromatic carbocycles. The molecule has 0 atom stereocenters. The third-order valence-corrected chi connectivity index (χ3v) is 4.08. The van der Waals surface area contributed by atoms with Gasteiger partial charge in [0, 0.05) is 30.6 Å². The standard InChI is InChI=1S/C17H15F4N.ClH/c1-17(2)8-22-7-11-10(3-4-12(19)16(11)17)15-13(20)5-9(18)6-14(15)21;/h3-6,22H,7-8H2,1-2H3;1H. The Balaban J connectivity index is 0.00000192. The van der Waals surface area contributed by atoms with Crippen molar-refractivity contribution in [3.8, 4) is 11.1 Å². The van der Waals surface area contributed by atoms with Crippen LogP contribution in [-0.4, -0.2) is 6.54 Å². The van der Waals surface area contributed by atoms with Gasteiger partial charge in [-0.3, -0.25) is 0 Å². The van der Waals surface area contributed by atoms with E-state index in [1.54, 1.807) is 0 Å². The maximum atomic E-state index is 14.3. The molecular formula is C17H16ClF4N. The Labute approximate surface area is 138 Å². The molecule has 3 rings (SSSR count). The maximum absolute atomic E-state index is 14.3. The molecule has 6 heteroatoms. The lowest BCUT2D eigenvalue weighted by Gasteiger charge is -2.34. The van der Waals surface area contributed by atoms with Crippen molar-refractivity contribution in [2.45, 2.75) is 25.8 Å². The van der Waals surface area contributed by atoms with Gasteiger partial charge in [-0.2, -0.15) is 0 Å². The highest BCUT2D eigenvalue weighted by molar-refractivity contribution is 5.85. The van der Waals surface area contributed by atoms with E-state index in [1.807, 2.05) is 13.8 Å². The van der Waals surface area contributed by atoms with E-state index in [9.17, 15) is 17.6 Å². The van der Waals surface area contributed by atoms with Crippen LogP contribution in [-0.2, 0) is 12.0 Å². The zero-order valence-electron chi connectivity index (χ0n) is 12.6. The summed E-state index contributed by atoms with van der Waals surface area (Å²) in [6, 6.07) is 3.82. The molecule has 0 aromatic heterocycles. The predicted molar refractivity (Wildman–Crippen MR) is 83.7 cm³/mol. The number of hydrogen-bond acceptors (Lipinski definition) is 1. The molecule has 1 nitrogen and oxygen atoms in total. The Morgan fingerprint density at radius 2 is 1.57 bits per heavy atom. The van der Waals surface area contributed by atoms with E-state index < -0.39 is 28.7 Å². The molecule has 1 N–H and O–H groups in total. The van der Waals surface area contributed by atoms with E-state index in [-0.39, 0.29) is 23.5 Å². The average Bonchev–Trinajstić information content (AvgIpc) is 2.39.